The van der Waals surface area contributed by atoms with Gasteiger partial charge in [-0.1, -0.05) is 23.7 Å². The number of aliphatic hydroxyl groups excluding tert-OH is 1. The van der Waals surface area contributed by atoms with Gasteiger partial charge in [0.25, 0.3) is 0 Å². The first kappa shape index (κ1) is 11.8. The van der Waals surface area contributed by atoms with Gasteiger partial charge in [-0.05, 0) is 19.1 Å². The number of para-hydroxylation sites is 1. The van der Waals surface area contributed by atoms with Crippen LogP contribution in [0.25, 0.3) is 0 Å². The number of halogens is 1. The first-order valence-corrected chi connectivity index (χ1v) is 4.83. The zero-order chi connectivity index (χ0) is 11.4. The third kappa shape index (κ3) is 3.11. The molecule has 0 bridgehead atoms. The van der Waals surface area contributed by atoms with Gasteiger partial charge >= 0.3 is 6.09 Å². The van der Waals surface area contributed by atoms with Crippen molar-refractivity contribution in [3.63, 3.8) is 0 Å². The molecule has 0 aliphatic carbocycles. The summed E-state index contributed by atoms with van der Waals surface area (Å²) in [7, 11) is 0. The molecule has 0 aliphatic rings. The molecular weight excluding hydrogens is 218 g/mol. The molecule has 0 aromatic heterocycles. The second-order valence-corrected chi connectivity index (χ2v) is 3.60. The molecule has 1 aromatic carbocycles. The molecule has 0 fully saturated rings. The van der Waals surface area contributed by atoms with Crippen molar-refractivity contribution in [2.24, 2.45) is 0 Å². The van der Waals surface area contributed by atoms with E-state index < -0.39 is 12.2 Å². The van der Waals surface area contributed by atoms with Gasteiger partial charge in [0.05, 0.1) is 23.4 Å². The highest BCUT2D eigenvalue weighted by Crippen LogP contribution is 2.25. The predicted octanol–water partition coefficient (Wildman–Crippen LogP) is 2.21. The van der Waals surface area contributed by atoms with Crippen LogP contribution in [0.1, 0.15) is 6.92 Å². The first-order valence-electron chi connectivity index (χ1n) is 4.45. The van der Waals surface area contributed by atoms with Crippen LogP contribution in [-0.2, 0) is 0 Å². The second-order valence-electron chi connectivity index (χ2n) is 3.19. The summed E-state index contributed by atoms with van der Waals surface area (Å²) in [5.74, 6) is 0. The highest BCUT2D eigenvalue weighted by atomic mass is 35.5. The fourth-order valence-corrected chi connectivity index (χ4v) is 1.45. The third-order valence-electron chi connectivity index (χ3n) is 1.82. The summed E-state index contributed by atoms with van der Waals surface area (Å²) >= 11 is 5.86. The Morgan fingerprint density at radius 3 is 2.60 bits per heavy atom. The number of amides is 1. The van der Waals surface area contributed by atoms with Gasteiger partial charge < -0.3 is 10.2 Å². The molecular formula is C10H12ClNO3. The van der Waals surface area contributed by atoms with Crippen LogP contribution in [0.15, 0.2) is 24.3 Å². The maximum Gasteiger partial charge on any atom is 0.411 e. The van der Waals surface area contributed by atoms with Crippen molar-refractivity contribution in [1.29, 1.82) is 0 Å². The zero-order valence-electron chi connectivity index (χ0n) is 8.22. The van der Waals surface area contributed by atoms with E-state index in [0.29, 0.717) is 10.7 Å². The topological polar surface area (TPSA) is 60.8 Å². The van der Waals surface area contributed by atoms with Crippen molar-refractivity contribution >= 4 is 23.4 Å². The molecule has 0 spiro atoms. The lowest BCUT2D eigenvalue weighted by Crippen LogP contribution is -2.35. The molecule has 15 heavy (non-hydrogen) atoms. The SMILES string of the molecule is CC(O)CN(C(=O)O)c1ccccc1Cl. The summed E-state index contributed by atoms with van der Waals surface area (Å²) in [5, 5.41) is 18.5. The molecule has 0 saturated carbocycles. The zero-order valence-corrected chi connectivity index (χ0v) is 8.98. The molecule has 1 rings (SSSR count). The Labute approximate surface area is 92.7 Å². The van der Waals surface area contributed by atoms with Gasteiger partial charge in [-0.25, -0.2) is 4.79 Å². The van der Waals surface area contributed by atoms with Crippen LogP contribution in [0.4, 0.5) is 10.5 Å². The molecule has 1 unspecified atom stereocenters. The number of hydrogen-bond acceptors (Lipinski definition) is 2. The van der Waals surface area contributed by atoms with Gasteiger partial charge in [-0.2, -0.15) is 0 Å². The summed E-state index contributed by atoms with van der Waals surface area (Å²) in [6, 6.07) is 6.61. The molecule has 2 N–H and O–H groups in total. The quantitative estimate of drug-likeness (QED) is 0.836. The Bertz CT molecular complexity index is 354. The van der Waals surface area contributed by atoms with Crippen molar-refractivity contribution < 1.29 is 15.0 Å². The Balaban J connectivity index is 2.99. The lowest BCUT2D eigenvalue weighted by Gasteiger charge is -2.21. The molecule has 5 heteroatoms. The van der Waals surface area contributed by atoms with E-state index in [4.69, 9.17) is 16.7 Å². The number of hydrogen-bond donors (Lipinski definition) is 2. The number of carbonyl (C=O) groups is 1. The Hall–Kier alpha value is -1.26. The van der Waals surface area contributed by atoms with E-state index in [1.807, 2.05) is 0 Å². The monoisotopic (exact) mass is 229 g/mol. The first-order chi connectivity index (χ1) is 7.02. The average Bonchev–Trinajstić information content (AvgIpc) is 2.15. The fraction of sp³-hybridized carbons (Fsp3) is 0.300. The van der Waals surface area contributed by atoms with E-state index in [1.165, 1.54) is 6.92 Å². The van der Waals surface area contributed by atoms with Crippen LogP contribution in [-0.4, -0.2) is 29.0 Å². The molecule has 1 amide bonds. The van der Waals surface area contributed by atoms with E-state index in [1.54, 1.807) is 24.3 Å². The highest BCUT2D eigenvalue weighted by Gasteiger charge is 2.18. The Morgan fingerprint density at radius 1 is 1.53 bits per heavy atom. The summed E-state index contributed by atoms with van der Waals surface area (Å²) in [5.41, 5.74) is 0.382. The molecule has 0 saturated heterocycles. The highest BCUT2D eigenvalue weighted by molar-refractivity contribution is 6.33. The van der Waals surface area contributed by atoms with E-state index in [0.717, 1.165) is 4.90 Å². The van der Waals surface area contributed by atoms with Crippen molar-refractivity contribution in [3.05, 3.63) is 29.3 Å². The van der Waals surface area contributed by atoms with Gasteiger partial charge in [-0.3, -0.25) is 4.90 Å². The number of benzene rings is 1. The minimum Gasteiger partial charge on any atom is -0.465 e. The second kappa shape index (κ2) is 5.00. The van der Waals surface area contributed by atoms with Crippen LogP contribution in [0.3, 0.4) is 0 Å². The lowest BCUT2D eigenvalue weighted by molar-refractivity contribution is 0.180. The van der Waals surface area contributed by atoms with E-state index in [2.05, 4.69) is 0 Å². The van der Waals surface area contributed by atoms with Crippen molar-refractivity contribution in [3.8, 4) is 0 Å². The van der Waals surface area contributed by atoms with Crippen LogP contribution in [0, 0.1) is 0 Å². The van der Waals surface area contributed by atoms with Crippen LogP contribution in [0.5, 0.6) is 0 Å². The fourth-order valence-electron chi connectivity index (χ4n) is 1.21. The van der Waals surface area contributed by atoms with Crippen LogP contribution >= 0.6 is 11.6 Å². The predicted molar refractivity (Wildman–Crippen MR) is 58.5 cm³/mol. The van der Waals surface area contributed by atoms with Gasteiger partial charge in [-0.15, -0.1) is 0 Å². The van der Waals surface area contributed by atoms with Gasteiger partial charge in [0.15, 0.2) is 0 Å². The number of nitrogens with zero attached hydrogens (tertiary/aromatic N) is 1. The summed E-state index contributed by atoms with van der Waals surface area (Å²) in [6.45, 7) is 1.52. The summed E-state index contributed by atoms with van der Waals surface area (Å²) in [6.07, 6.45) is -1.87. The number of aliphatic hydroxyl groups is 1. The molecule has 0 aliphatic heterocycles. The minimum absolute atomic E-state index is 0.000926. The number of rotatable bonds is 3. The average molecular weight is 230 g/mol. The van der Waals surface area contributed by atoms with Gasteiger partial charge in [0.1, 0.15) is 0 Å². The van der Waals surface area contributed by atoms with E-state index in [9.17, 15) is 9.90 Å². The normalized spacial score (nSPS) is 12.2. The molecule has 1 aromatic rings. The van der Waals surface area contributed by atoms with Crippen molar-refractivity contribution in [1.82, 2.24) is 0 Å². The molecule has 0 radical (unpaired) electrons. The summed E-state index contributed by atoms with van der Waals surface area (Å²) < 4.78 is 0. The standard InChI is InChI=1S/C10H12ClNO3/c1-7(13)6-12(10(14)15)9-5-3-2-4-8(9)11/h2-5,7,13H,6H2,1H3,(H,14,15). The largest absolute Gasteiger partial charge is 0.465 e. The maximum absolute atomic E-state index is 10.9. The Kier molecular flexibility index (Phi) is 3.94. The maximum atomic E-state index is 10.9. The van der Waals surface area contributed by atoms with Crippen LogP contribution in [0.2, 0.25) is 5.02 Å². The smallest absolute Gasteiger partial charge is 0.411 e. The molecule has 0 heterocycles. The number of carboxylic acid groups (broad SMARTS) is 1. The van der Waals surface area contributed by atoms with Gasteiger partial charge in [0, 0.05) is 0 Å². The van der Waals surface area contributed by atoms with E-state index in [-0.39, 0.29) is 6.54 Å². The van der Waals surface area contributed by atoms with Crippen LogP contribution < -0.4 is 4.90 Å². The van der Waals surface area contributed by atoms with E-state index >= 15 is 0 Å². The molecule has 4 nitrogen and oxygen atoms in total. The molecule has 1 atom stereocenters. The number of anilines is 1. The van der Waals surface area contributed by atoms with Crippen molar-refractivity contribution in [2.75, 3.05) is 11.4 Å². The summed E-state index contributed by atoms with van der Waals surface area (Å²) in [4.78, 5) is 12.0. The molecule has 82 valence electrons. The lowest BCUT2D eigenvalue weighted by atomic mass is 10.2. The van der Waals surface area contributed by atoms with Gasteiger partial charge in [0.2, 0.25) is 0 Å². The Morgan fingerprint density at radius 2 is 2.13 bits per heavy atom. The van der Waals surface area contributed by atoms with Crippen molar-refractivity contribution in [2.45, 2.75) is 13.0 Å². The third-order valence-corrected chi connectivity index (χ3v) is 2.14. The minimum atomic E-state index is -1.14.